The molecule has 0 aromatic heterocycles. The molecule has 1 N–H and O–H groups in total. The zero-order valence-corrected chi connectivity index (χ0v) is 13.4. The maximum atomic E-state index is 13.0. The van der Waals surface area contributed by atoms with E-state index in [-0.39, 0.29) is 17.4 Å². The molecule has 5 unspecified atom stereocenters. The van der Waals surface area contributed by atoms with E-state index < -0.39 is 0 Å². The van der Waals surface area contributed by atoms with E-state index in [1.807, 2.05) is 6.08 Å². The lowest BCUT2D eigenvalue weighted by molar-refractivity contribution is -0.147. The predicted octanol–water partition coefficient (Wildman–Crippen LogP) is 3.06. The van der Waals surface area contributed by atoms with E-state index in [1.165, 1.54) is 5.57 Å². The molecule has 0 amide bonds. The Hall–Kier alpha value is -0.960. The lowest BCUT2D eigenvalue weighted by atomic mass is 9.51. The maximum Gasteiger partial charge on any atom is 0.139 e. The first-order chi connectivity index (χ1) is 10.6. The number of hydrogen-bond acceptors (Lipinski definition) is 3. The van der Waals surface area contributed by atoms with E-state index in [2.05, 4.69) is 6.92 Å². The minimum absolute atomic E-state index is 0.128. The van der Waals surface area contributed by atoms with Gasteiger partial charge in [0.05, 0.1) is 6.10 Å². The van der Waals surface area contributed by atoms with Gasteiger partial charge in [0.25, 0.3) is 0 Å². The number of ketones is 2. The molecule has 3 heteroatoms. The van der Waals surface area contributed by atoms with Crippen LogP contribution in [0.2, 0.25) is 0 Å². The maximum absolute atomic E-state index is 13.0. The molecule has 120 valence electrons. The summed E-state index contributed by atoms with van der Waals surface area (Å²) in [6, 6.07) is 0. The molecule has 0 spiro atoms. The highest BCUT2D eigenvalue weighted by Gasteiger charge is 2.60. The smallest absolute Gasteiger partial charge is 0.139 e. The summed E-state index contributed by atoms with van der Waals surface area (Å²) in [5, 5.41) is 9.87. The Balaban J connectivity index is 1.70. The molecule has 6 atom stereocenters. The highest BCUT2D eigenvalue weighted by Crippen LogP contribution is 2.60. The second kappa shape index (κ2) is 5.02. The summed E-state index contributed by atoms with van der Waals surface area (Å²) in [6.07, 6.45) is 8.47. The van der Waals surface area contributed by atoms with Gasteiger partial charge in [-0.25, -0.2) is 0 Å². The topological polar surface area (TPSA) is 54.4 Å². The third-order valence-electron chi connectivity index (χ3n) is 7.27. The lowest BCUT2D eigenvalue weighted by Crippen LogP contribution is -2.52. The van der Waals surface area contributed by atoms with Gasteiger partial charge in [-0.3, -0.25) is 9.59 Å². The van der Waals surface area contributed by atoms with Crippen LogP contribution in [0.3, 0.4) is 0 Å². The molecule has 0 bridgehead atoms. The number of aliphatic hydroxyl groups excluding tert-OH is 1. The van der Waals surface area contributed by atoms with E-state index in [0.29, 0.717) is 42.2 Å². The molecular formula is C19H26O3. The summed E-state index contributed by atoms with van der Waals surface area (Å²) in [4.78, 5) is 25.5. The first kappa shape index (κ1) is 14.6. The van der Waals surface area contributed by atoms with Crippen molar-refractivity contribution in [2.24, 2.45) is 29.1 Å². The number of Topliss-reactive ketones (excluding diaryl/α,β-unsaturated/α-hetero) is 2. The number of carbonyl (C=O) groups excluding carboxylic acids is 2. The molecule has 0 aliphatic heterocycles. The van der Waals surface area contributed by atoms with Gasteiger partial charge in [-0.05, 0) is 56.3 Å². The van der Waals surface area contributed by atoms with Crippen LogP contribution in [-0.4, -0.2) is 22.8 Å². The van der Waals surface area contributed by atoms with E-state index in [1.54, 1.807) is 0 Å². The van der Waals surface area contributed by atoms with Gasteiger partial charge in [-0.2, -0.15) is 0 Å². The fourth-order valence-electron chi connectivity index (χ4n) is 6.28. The number of hydrogen-bond donors (Lipinski definition) is 1. The van der Waals surface area contributed by atoms with Gasteiger partial charge in [-0.15, -0.1) is 0 Å². The van der Waals surface area contributed by atoms with E-state index in [4.69, 9.17) is 0 Å². The number of fused-ring (bicyclic) bond motifs is 5. The number of allylic oxidation sites excluding steroid dienone is 1. The molecule has 0 heterocycles. The van der Waals surface area contributed by atoms with Crippen molar-refractivity contribution in [1.82, 2.24) is 0 Å². The monoisotopic (exact) mass is 302 g/mol. The van der Waals surface area contributed by atoms with Crippen molar-refractivity contribution in [3.05, 3.63) is 11.6 Å². The van der Waals surface area contributed by atoms with Gasteiger partial charge in [0.1, 0.15) is 11.6 Å². The Morgan fingerprint density at radius 2 is 2.00 bits per heavy atom. The van der Waals surface area contributed by atoms with Crippen molar-refractivity contribution >= 4 is 11.6 Å². The Morgan fingerprint density at radius 1 is 1.18 bits per heavy atom. The molecule has 4 aliphatic rings. The standard InChI is InChI=1S/C19H26O3/c1-2-19-10-16(21)18-13-6-4-12(20)9-11(13)3-5-14(18)15(19)7-8-17(19)22/h9,12-15,18,20H,2-8,10H2,1H3/t12?,13?,14?,15?,18?,19-/m0/s1. The number of aliphatic hydroxyl groups is 1. The summed E-state index contributed by atoms with van der Waals surface area (Å²) in [5.41, 5.74) is 0.995. The molecule has 3 fully saturated rings. The molecule has 3 saturated carbocycles. The van der Waals surface area contributed by atoms with E-state index in [0.717, 1.165) is 38.5 Å². The van der Waals surface area contributed by atoms with Crippen molar-refractivity contribution in [2.45, 2.75) is 64.4 Å². The Kier molecular flexibility index (Phi) is 3.34. The highest BCUT2D eigenvalue weighted by atomic mass is 16.3. The summed E-state index contributed by atoms with van der Waals surface area (Å²) in [6.45, 7) is 2.09. The second-order valence-corrected chi connectivity index (χ2v) is 7.94. The zero-order chi connectivity index (χ0) is 15.5. The molecule has 0 radical (unpaired) electrons. The van der Waals surface area contributed by atoms with Gasteiger partial charge in [-0.1, -0.05) is 18.6 Å². The van der Waals surface area contributed by atoms with Gasteiger partial charge in [0.15, 0.2) is 0 Å². The Bertz CT molecular complexity index is 549. The van der Waals surface area contributed by atoms with Crippen molar-refractivity contribution < 1.29 is 14.7 Å². The van der Waals surface area contributed by atoms with Gasteiger partial charge >= 0.3 is 0 Å². The van der Waals surface area contributed by atoms with Crippen LogP contribution in [0.15, 0.2) is 11.6 Å². The molecular weight excluding hydrogens is 276 g/mol. The zero-order valence-electron chi connectivity index (χ0n) is 13.4. The molecule has 0 aromatic carbocycles. The van der Waals surface area contributed by atoms with Crippen LogP contribution >= 0.6 is 0 Å². The number of carbonyl (C=O) groups is 2. The first-order valence-corrected chi connectivity index (χ1v) is 9.01. The van der Waals surface area contributed by atoms with Crippen molar-refractivity contribution in [3.63, 3.8) is 0 Å². The van der Waals surface area contributed by atoms with Crippen LogP contribution in [0.25, 0.3) is 0 Å². The van der Waals surface area contributed by atoms with Crippen LogP contribution in [0.5, 0.6) is 0 Å². The molecule has 3 nitrogen and oxygen atoms in total. The summed E-state index contributed by atoms with van der Waals surface area (Å²) in [5.74, 6) is 2.01. The highest BCUT2D eigenvalue weighted by molar-refractivity contribution is 5.95. The molecule has 0 saturated heterocycles. The van der Waals surface area contributed by atoms with Crippen LogP contribution < -0.4 is 0 Å². The average molecular weight is 302 g/mol. The predicted molar refractivity (Wildman–Crippen MR) is 83.1 cm³/mol. The van der Waals surface area contributed by atoms with Crippen molar-refractivity contribution in [1.29, 1.82) is 0 Å². The fraction of sp³-hybridized carbons (Fsp3) is 0.789. The molecule has 22 heavy (non-hydrogen) atoms. The lowest BCUT2D eigenvalue weighted by Gasteiger charge is -2.52. The number of rotatable bonds is 1. The quantitative estimate of drug-likeness (QED) is 0.757. The normalized spacial score (nSPS) is 47.5. The minimum atomic E-state index is -0.326. The third kappa shape index (κ3) is 1.84. The second-order valence-electron chi connectivity index (χ2n) is 7.94. The first-order valence-electron chi connectivity index (χ1n) is 9.01. The van der Waals surface area contributed by atoms with E-state index in [9.17, 15) is 14.7 Å². The van der Waals surface area contributed by atoms with Crippen LogP contribution in [0, 0.1) is 29.1 Å². The summed E-state index contributed by atoms with van der Waals surface area (Å²) in [7, 11) is 0. The van der Waals surface area contributed by atoms with Crippen molar-refractivity contribution in [3.8, 4) is 0 Å². The average Bonchev–Trinajstić information content (AvgIpc) is 2.84. The molecule has 0 aromatic rings. The van der Waals surface area contributed by atoms with Gasteiger partial charge < -0.3 is 5.11 Å². The largest absolute Gasteiger partial charge is 0.389 e. The van der Waals surface area contributed by atoms with Gasteiger partial charge in [0.2, 0.25) is 0 Å². The SMILES string of the molecule is CC[C@]12CC(=O)C3C4CCC(O)C=C4CCC3C1CCC2=O. The summed E-state index contributed by atoms with van der Waals surface area (Å²) < 4.78 is 0. The fourth-order valence-corrected chi connectivity index (χ4v) is 6.28. The van der Waals surface area contributed by atoms with Crippen LogP contribution in [-0.2, 0) is 9.59 Å². The summed E-state index contributed by atoms with van der Waals surface area (Å²) >= 11 is 0. The van der Waals surface area contributed by atoms with Crippen LogP contribution in [0.1, 0.15) is 58.3 Å². The van der Waals surface area contributed by atoms with Crippen molar-refractivity contribution in [2.75, 3.05) is 0 Å². The van der Waals surface area contributed by atoms with Crippen LogP contribution in [0.4, 0.5) is 0 Å². The van der Waals surface area contributed by atoms with E-state index >= 15 is 0 Å². The molecule has 4 rings (SSSR count). The Morgan fingerprint density at radius 3 is 2.77 bits per heavy atom. The minimum Gasteiger partial charge on any atom is -0.389 e. The van der Waals surface area contributed by atoms with Gasteiger partial charge in [0, 0.05) is 24.2 Å². The third-order valence-corrected chi connectivity index (χ3v) is 7.27. The molecule has 4 aliphatic carbocycles. The Labute approximate surface area is 132 Å².